The van der Waals surface area contributed by atoms with E-state index in [1.165, 1.54) is 0 Å². The summed E-state index contributed by atoms with van der Waals surface area (Å²) in [5, 5.41) is 10.2. The lowest BCUT2D eigenvalue weighted by Gasteiger charge is -2.15. The molecule has 5 heteroatoms. The molecule has 0 bridgehead atoms. The lowest BCUT2D eigenvalue weighted by molar-refractivity contribution is 0.148. The van der Waals surface area contributed by atoms with Crippen molar-refractivity contribution in [2.45, 2.75) is 25.4 Å². The quantitative estimate of drug-likeness (QED) is 0.912. The highest BCUT2D eigenvalue weighted by Gasteiger charge is 2.30. The predicted octanol–water partition coefficient (Wildman–Crippen LogP) is 1.48. The Balaban J connectivity index is 1.69. The van der Waals surface area contributed by atoms with Crippen molar-refractivity contribution >= 4 is 9.84 Å². The number of aliphatic hydroxyl groups excluding tert-OH is 1. The van der Waals surface area contributed by atoms with Crippen LogP contribution in [0.1, 0.15) is 30.1 Å². The van der Waals surface area contributed by atoms with E-state index in [1.54, 1.807) is 0 Å². The van der Waals surface area contributed by atoms with Gasteiger partial charge >= 0.3 is 0 Å². The minimum atomic E-state index is -2.86. The van der Waals surface area contributed by atoms with Crippen LogP contribution in [0, 0.1) is 5.92 Å². The van der Waals surface area contributed by atoms with Crippen LogP contribution in [0.25, 0.3) is 0 Å². The maximum atomic E-state index is 11.4. The van der Waals surface area contributed by atoms with Gasteiger partial charge in [0.25, 0.3) is 0 Å². The fraction of sp³-hybridized carbons (Fsp3) is 0.571. The first-order valence-electron chi connectivity index (χ1n) is 6.67. The van der Waals surface area contributed by atoms with Crippen LogP contribution in [0.3, 0.4) is 0 Å². The third-order valence-corrected chi connectivity index (χ3v) is 5.82. The zero-order valence-corrected chi connectivity index (χ0v) is 11.5. The zero-order valence-electron chi connectivity index (χ0n) is 10.7. The average Bonchev–Trinajstić information content (AvgIpc) is 2.94. The zero-order chi connectivity index (χ0) is 13.5. The summed E-state index contributed by atoms with van der Waals surface area (Å²) in [6, 6.07) is 5.75. The molecule has 0 amide bonds. The Hall–Kier alpha value is -1.07. The van der Waals surface area contributed by atoms with E-state index in [0.717, 1.165) is 23.3 Å². The Morgan fingerprint density at radius 3 is 3.00 bits per heavy atom. The van der Waals surface area contributed by atoms with Crippen LogP contribution < -0.4 is 4.74 Å². The Morgan fingerprint density at radius 2 is 2.26 bits per heavy atom. The summed E-state index contributed by atoms with van der Waals surface area (Å²) >= 11 is 0. The molecule has 2 heterocycles. The van der Waals surface area contributed by atoms with Gasteiger partial charge in [0.1, 0.15) is 5.75 Å². The van der Waals surface area contributed by atoms with Crippen molar-refractivity contribution in [1.29, 1.82) is 0 Å². The van der Waals surface area contributed by atoms with E-state index in [1.807, 2.05) is 18.2 Å². The second-order valence-electron chi connectivity index (χ2n) is 5.49. The van der Waals surface area contributed by atoms with E-state index >= 15 is 0 Å². The Morgan fingerprint density at radius 1 is 1.42 bits per heavy atom. The summed E-state index contributed by atoms with van der Waals surface area (Å²) in [6.07, 6.45) is 1.50. The minimum absolute atomic E-state index is 0.0875. The van der Waals surface area contributed by atoms with Gasteiger partial charge in [-0.05, 0) is 42.0 Å². The molecule has 2 atom stereocenters. The first-order chi connectivity index (χ1) is 9.03. The molecule has 0 aliphatic carbocycles. The minimum Gasteiger partial charge on any atom is -0.493 e. The molecule has 1 N–H and O–H groups in total. The van der Waals surface area contributed by atoms with Crippen LogP contribution in [-0.2, 0) is 16.3 Å². The van der Waals surface area contributed by atoms with Crippen molar-refractivity contribution in [1.82, 2.24) is 0 Å². The molecule has 19 heavy (non-hydrogen) atoms. The van der Waals surface area contributed by atoms with Gasteiger partial charge in [-0.2, -0.15) is 0 Å². The van der Waals surface area contributed by atoms with Crippen molar-refractivity contribution in [2.24, 2.45) is 5.92 Å². The smallest absolute Gasteiger partial charge is 0.150 e. The van der Waals surface area contributed by atoms with Gasteiger partial charge in [0.15, 0.2) is 9.84 Å². The number of rotatable bonds is 3. The molecule has 4 nitrogen and oxygen atoms in total. The predicted molar refractivity (Wildman–Crippen MR) is 72.0 cm³/mol. The summed E-state index contributed by atoms with van der Waals surface area (Å²) in [7, 11) is -2.86. The lowest BCUT2D eigenvalue weighted by Crippen LogP contribution is -2.09. The fourth-order valence-corrected chi connectivity index (χ4v) is 4.80. The van der Waals surface area contributed by atoms with Crippen molar-refractivity contribution in [3.05, 3.63) is 29.3 Å². The third-order valence-electron chi connectivity index (χ3n) is 3.98. The number of hydrogen-bond donors (Lipinski definition) is 1. The van der Waals surface area contributed by atoms with Crippen molar-refractivity contribution < 1.29 is 18.3 Å². The molecule has 1 aromatic carbocycles. The largest absolute Gasteiger partial charge is 0.493 e. The average molecular weight is 282 g/mol. The van der Waals surface area contributed by atoms with E-state index < -0.39 is 15.9 Å². The fourth-order valence-electron chi connectivity index (χ4n) is 2.92. The summed E-state index contributed by atoms with van der Waals surface area (Å²) in [5.41, 5.74) is 2.00. The van der Waals surface area contributed by atoms with Gasteiger partial charge in [-0.25, -0.2) is 8.42 Å². The van der Waals surface area contributed by atoms with E-state index in [-0.39, 0.29) is 17.4 Å². The molecular weight excluding hydrogens is 264 g/mol. The number of sulfone groups is 1. The van der Waals surface area contributed by atoms with Gasteiger partial charge in [-0.15, -0.1) is 0 Å². The number of benzene rings is 1. The highest BCUT2D eigenvalue weighted by atomic mass is 32.2. The Labute approximate surface area is 113 Å². The van der Waals surface area contributed by atoms with Crippen LogP contribution in [0.4, 0.5) is 0 Å². The van der Waals surface area contributed by atoms with Crippen LogP contribution in [-0.4, -0.2) is 31.6 Å². The lowest BCUT2D eigenvalue weighted by atomic mass is 9.95. The van der Waals surface area contributed by atoms with Gasteiger partial charge in [0.05, 0.1) is 24.2 Å². The normalized spacial score (nSPS) is 25.8. The van der Waals surface area contributed by atoms with Crippen LogP contribution in [0.5, 0.6) is 5.75 Å². The van der Waals surface area contributed by atoms with Gasteiger partial charge in [0, 0.05) is 6.42 Å². The van der Waals surface area contributed by atoms with Gasteiger partial charge < -0.3 is 9.84 Å². The Kier molecular flexibility index (Phi) is 3.27. The van der Waals surface area contributed by atoms with Gasteiger partial charge in [-0.1, -0.05) is 6.07 Å². The molecule has 3 rings (SSSR count). The molecule has 1 fully saturated rings. The molecule has 0 spiro atoms. The molecule has 2 unspecified atom stereocenters. The molecule has 1 saturated heterocycles. The second-order valence-corrected chi connectivity index (χ2v) is 7.71. The molecule has 0 radical (unpaired) electrons. The third kappa shape index (κ3) is 2.77. The molecule has 104 valence electrons. The van der Waals surface area contributed by atoms with E-state index in [0.29, 0.717) is 19.4 Å². The van der Waals surface area contributed by atoms with Crippen LogP contribution >= 0.6 is 0 Å². The topological polar surface area (TPSA) is 63.6 Å². The van der Waals surface area contributed by atoms with E-state index in [9.17, 15) is 13.5 Å². The SMILES string of the molecule is O=S1(=O)CCC(CC(O)c2ccc3c(c2)CCO3)C1. The summed E-state index contributed by atoms with van der Waals surface area (Å²) in [6.45, 7) is 0.704. The Bertz CT molecular complexity index is 579. The standard InChI is InChI=1S/C14H18O4S/c15-13(7-10-4-6-19(16,17)9-10)11-1-2-14-12(8-11)3-5-18-14/h1-2,8,10,13,15H,3-7,9H2. The van der Waals surface area contributed by atoms with Crippen molar-refractivity contribution in [3.8, 4) is 5.75 Å². The van der Waals surface area contributed by atoms with E-state index in [4.69, 9.17) is 4.74 Å². The first kappa shape index (κ1) is 12.9. The van der Waals surface area contributed by atoms with Crippen molar-refractivity contribution in [2.75, 3.05) is 18.1 Å². The maximum absolute atomic E-state index is 11.4. The number of fused-ring (bicyclic) bond motifs is 1. The molecular formula is C14H18O4S. The highest BCUT2D eigenvalue weighted by molar-refractivity contribution is 7.91. The number of hydrogen-bond acceptors (Lipinski definition) is 4. The van der Waals surface area contributed by atoms with Crippen LogP contribution in [0.2, 0.25) is 0 Å². The van der Waals surface area contributed by atoms with Crippen LogP contribution in [0.15, 0.2) is 18.2 Å². The summed E-state index contributed by atoms with van der Waals surface area (Å²) < 4.78 is 28.3. The number of ether oxygens (including phenoxy) is 1. The van der Waals surface area contributed by atoms with Gasteiger partial charge in [-0.3, -0.25) is 0 Å². The highest BCUT2D eigenvalue weighted by Crippen LogP contribution is 2.32. The molecule has 0 saturated carbocycles. The molecule has 2 aliphatic rings. The first-order valence-corrected chi connectivity index (χ1v) is 8.50. The van der Waals surface area contributed by atoms with E-state index in [2.05, 4.69) is 0 Å². The summed E-state index contributed by atoms with van der Waals surface area (Å²) in [4.78, 5) is 0. The molecule has 0 aromatic heterocycles. The maximum Gasteiger partial charge on any atom is 0.150 e. The van der Waals surface area contributed by atoms with Crippen molar-refractivity contribution in [3.63, 3.8) is 0 Å². The monoisotopic (exact) mass is 282 g/mol. The second kappa shape index (κ2) is 4.80. The molecule has 1 aromatic rings. The number of aliphatic hydroxyl groups is 1. The summed E-state index contributed by atoms with van der Waals surface area (Å²) in [5.74, 6) is 1.48. The molecule has 2 aliphatic heterocycles. The van der Waals surface area contributed by atoms with Gasteiger partial charge in [0.2, 0.25) is 0 Å².